The summed E-state index contributed by atoms with van der Waals surface area (Å²) in [5.74, 6) is 0. The maximum atomic E-state index is 4.02. The molecule has 0 bridgehead atoms. The van der Waals surface area contributed by atoms with E-state index in [9.17, 15) is 0 Å². The van der Waals surface area contributed by atoms with Crippen molar-refractivity contribution < 1.29 is 2.85 Å². The zero-order chi connectivity index (χ0) is 12.2. The number of aromatic nitrogens is 6. The molecule has 18 heavy (non-hydrogen) atoms. The molecular weight excluding hydrogens is 228 g/mol. The Morgan fingerprint density at radius 1 is 0.889 bits per heavy atom. The fourth-order valence-electron chi connectivity index (χ4n) is 1.56. The van der Waals surface area contributed by atoms with E-state index in [0.717, 1.165) is 22.2 Å². The summed E-state index contributed by atoms with van der Waals surface area (Å²) in [6, 6.07) is 5.68. The summed E-state index contributed by atoms with van der Waals surface area (Å²) in [7, 11) is 0. The highest BCUT2D eigenvalue weighted by Gasteiger charge is 1.90. The summed E-state index contributed by atoms with van der Waals surface area (Å²) in [5, 5.41) is 0. The van der Waals surface area contributed by atoms with Crippen LogP contribution in [-0.4, -0.2) is 29.9 Å². The van der Waals surface area contributed by atoms with Crippen LogP contribution >= 0.6 is 0 Å². The Bertz CT molecular complexity index is 640. The number of hydrogen-bond donors (Lipinski definition) is 2. The largest absolute Gasteiger partial charge is 0.343 e. The number of fused-ring (bicyclic) bond motifs is 2. The highest BCUT2D eigenvalue weighted by atomic mass is 14.9. The summed E-state index contributed by atoms with van der Waals surface area (Å²) in [4.78, 5) is 21.8. The Hall–Kier alpha value is -2.76. The average molecular weight is 242 g/mol. The summed E-state index contributed by atoms with van der Waals surface area (Å²) < 4.78 is 0. The number of hydrogen-bond acceptors (Lipinski definition) is 4. The van der Waals surface area contributed by atoms with Gasteiger partial charge in [0, 0.05) is 15.2 Å². The Balaban J connectivity index is 0.000000182. The minimum absolute atomic E-state index is 0. The first-order valence-corrected chi connectivity index (χ1v) is 5.41. The predicted octanol–water partition coefficient (Wildman–Crippen LogP) is 2.41. The number of imidazole rings is 2. The number of H-pyrrole nitrogens is 2. The van der Waals surface area contributed by atoms with Gasteiger partial charge in [0.05, 0.1) is 35.4 Å². The van der Waals surface area contributed by atoms with Crippen LogP contribution in [0.15, 0.2) is 49.4 Å². The molecule has 0 unspecified atom stereocenters. The molecule has 0 saturated carbocycles. The maximum absolute atomic E-state index is 4.02. The van der Waals surface area contributed by atoms with Crippen molar-refractivity contribution in [3.63, 3.8) is 0 Å². The van der Waals surface area contributed by atoms with Crippen molar-refractivity contribution >= 4 is 22.2 Å². The van der Waals surface area contributed by atoms with Crippen LogP contribution < -0.4 is 0 Å². The van der Waals surface area contributed by atoms with Gasteiger partial charge in [-0.25, -0.2) is 15.0 Å². The minimum Gasteiger partial charge on any atom is -0.343 e. The molecule has 0 amide bonds. The third-order valence-electron chi connectivity index (χ3n) is 2.42. The van der Waals surface area contributed by atoms with Gasteiger partial charge in [-0.3, -0.25) is 4.98 Å². The highest BCUT2D eigenvalue weighted by molar-refractivity contribution is 5.72. The highest BCUT2D eigenvalue weighted by Crippen LogP contribution is 2.03. The van der Waals surface area contributed by atoms with E-state index in [2.05, 4.69) is 29.9 Å². The van der Waals surface area contributed by atoms with Crippen molar-refractivity contribution in [2.24, 2.45) is 0 Å². The van der Waals surface area contributed by atoms with Crippen LogP contribution in [0.4, 0.5) is 0 Å². The molecule has 4 aromatic rings. The van der Waals surface area contributed by atoms with Crippen LogP contribution in [0.1, 0.15) is 2.85 Å². The molecule has 0 fully saturated rings. The van der Waals surface area contributed by atoms with E-state index in [0.29, 0.717) is 0 Å². The van der Waals surface area contributed by atoms with Gasteiger partial charge in [-0.05, 0) is 18.2 Å². The number of nitrogens with one attached hydrogen (secondary N) is 2. The van der Waals surface area contributed by atoms with Gasteiger partial charge in [0.25, 0.3) is 0 Å². The van der Waals surface area contributed by atoms with E-state index in [1.165, 1.54) is 0 Å². The Labute approximate surface area is 105 Å². The summed E-state index contributed by atoms with van der Waals surface area (Å²) in [6.07, 6.45) is 8.50. The van der Waals surface area contributed by atoms with Crippen molar-refractivity contribution in [3.8, 4) is 0 Å². The first-order chi connectivity index (χ1) is 8.93. The standard InChI is InChI=1S/2C6H5N3.2H2/c1-2-7-3-6-5(1)8-4-9-6;1-2-5-6(7-3-1)9-4-8-5;;/h1-4H,(H,8,9);1-4H,(H,7,8,9);2*1H. The van der Waals surface area contributed by atoms with Crippen molar-refractivity contribution in [3.05, 3.63) is 49.4 Å². The van der Waals surface area contributed by atoms with Crippen LogP contribution in [0.2, 0.25) is 0 Å². The molecule has 92 valence electrons. The molecule has 4 heterocycles. The molecule has 0 aromatic carbocycles. The van der Waals surface area contributed by atoms with E-state index in [1.807, 2.05) is 18.2 Å². The second-order valence-electron chi connectivity index (χ2n) is 3.57. The lowest BCUT2D eigenvalue weighted by molar-refractivity contribution is 1.30. The van der Waals surface area contributed by atoms with E-state index in [4.69, 9.17) is 0 Å². The van der Waals surface area contributed by atoms with Gasteiger partial charge < -0.3 is 9.97 Å². The summed E-state index contributed by atoms with van der Waals surface area (Å²) in [5.41, 5.74) is 3.71. The normalized spacial score (nSPS) is 10.2. The quantitative estimate of drug-likeness (QED) is 0.496. The van der Waals surface area contributed by atoms with Crippen LogP contribution in [0.5, 0.6) is 0 Å². The second-order valence-corrected chi connectivity index (χ2v) is 3.57. The third kappa shape index (κ3) is 2.03. The van der Waals surface area contributed by atoms with E-state index < -0.39 is 0 Å². The fourth-order valence-corrected chi connectivity index (χ4v) is 1.56. The lowest BCUT2D eigenvalue weighted by Crippen LogP contribution is -1.71. The lowest BCUT2D eigenvalue weighted by Gasteiger charge is -1.80. The minimum atomic E-state index is 0. The molecule has 4 rings (SSSR count). The number of aromatic amines is 2. The monoisotopic (exact) mass is 242 g/mol. The van der Waals surface area contributed by atoms with Crippen molar-refractivity contribution in [2.45, 2.75) is 0 Å². The molecule has 0 aliphatic heterocycles. The molecule has 6 nitrogen and oxygen atoms in total. The van der Waals surface area contributed by atoms with Crippen LogP contribution in [-0.2, 0) is 0 Å². The van der Waals surface area contributed by atoms with Crippen molar-refractivity contribution in [1.82, 2.24) is 29.9 Å². The van der Waals surface area contributed by atoms with Gasteiger partial charge >= 0.3 is 0 Å². The molecule has 0 aliphatic carbocycles. The van der Waals surface area contributed by atoms with Crippen LogP contribution in [0.25, 0.3) is 22.2 Å². The summed E-state index contributed by atoms with van der Waals surface area (Å²) >= 11 is 0. The molecule has 0 saturated heterocycles. The Kier molecular flexibility index (Phi) is 2.67. The van der Waals surface area contributed by atoms with Gasteiger partial charge in [-0.1, -0.05) is 0 Å². The topological polar surface area (TPSA) is 83.1 Å². The number of pyridine rings is 2. The zero-order valence-corrected chi connectivity index (χ0v) is 9.41. The molecule has 4 aromatic heterocycles. The maximum Gasteiger partial charge on any atom is 0.177 e. The first-order valence-electron chi connectivity index (χ1n) is 5.41. The fraction of sp³-hybridized carbons (Fsp3) is 0. The van der Waals surface area contributed by atoms with Gasteiger partial charge in [-0.15, -0.1) is 0 Å². The SMILES string of the molecule is [HH].[HH].c1cc2nc[nH]c2cn1.c1cnc2nc[nH]c2c1. The molecule has 0 atom stereocenters. The number of nitrogens with zero attached hydrogens (tertiary/aromatic N) is 4. The molecule has 6 heteroatoms. The second kappa shape index (κ2) is 4.62. The molecule has 0 spiro atoms. The molecular formula is C12H14N6. The third-order valence-corrected chi connectivity index (χ3v) is 2.42. The molecule has 0 aliphatic rings. The van der Waals surface area contributed by atoms with Gasteiger partial charge in [0.2, 0.25) is 0 Å². The van der Waals surface area contributed by atoms with Gasteiger partial charge in [0.15, 0.2) is 5.65 Å². The van der Waals surface area contributed by atoms with Crippen molar-refractivity contribution in [2.75, 3.05) is 0 Å². The average Bonchev–Trinajstić information content (AvgIpc) is 3.08. The van der Waals surface area contributed by atoms with Crippen LogP contribution in [0.3, 0.4) is 0 Å². The first kappa shape index (κ1) is 10.4. The van der Waals surface area contributed by atoms with Crippen molar-refractivity contribution in [1.29, 1.82) is 0 Å². The Morgan fingerprint density at radius 3 is 2.67 bits per heavy atom. The van der Waals surface area contributed by atoms with Gasteiger partial charge in [0.1, 0.15) is 0 Å². The molecule has 0 radical (unpaired) electrons. The van der Waals surface area contributed by atoms with E-state index in [1.54, 1.807) is 31.2 Å². The lowest BCUT2D eigenvalue weighted by atomic mass is 10.4. The summed E-state index contributed by atoms with van der Waals surface area (Å²) in [6.45, 7) is 0. The van der Waals surface area contributed by atoms with E-state index >= 15 is 0 Å². The predicted molar refractivity (Wildman–Crippen MR) is 72.0 cm³/mol. The van der Waals surface area contributed by atoms with Gasteiger partial charge in [-0.2, -0.15) is 0 Å². The smallest absolute Gasteiger partial charge is 0.177 e. The molecule has 2 N–H and O–H groups in total. The number of rotatable bonds is 0. The van der Waals surface area contributed by atoms with E-state index in [-0.39, 0.29) is 2.85 Å². The van der Waals surface area contributed by atoms with Crippen LogP contribution in [0, 0.1) is 0 Å². The zero-order valence-electron chi connectivity index (χ0n) is 9.41. The Morgan fingerprint density at radius 2 is 1.78 bits per heavy atom.